The molecule has 2 rings (SSSR count). The second kappa shape index (κ2) is 3.97. The van der Waals surface area contributed by atoms with Gasteiger partial charge in [0.05, 0.1) is 12.5 Å². The van der Waals surface area contributed by atoms with Gasteiger partial charge in [0.15, 0.2) is 0 Å². The number of hydrogen-bond acceptors (Lipinski definition) is 5. The smallest absolute Gasteiger partial charge is 0.307 e. The fourth-order valence-electron chi connectivity index (χ4n) is 1.25. The highest BCUT2D eigenvalue weighted by Crippen LogP contribution is 2.17. The van der Waals surface area contributed by atoms with Gasteiger partial charge < -0.3 is 9.50 Å². The molecule has 0 aliphatic carbocycles. The van der Waals surface area contributed by atoms with Gasteiger partial charge in [0.1, 0.15) is 0 Å². The summed E-state index contributed by atoms with van der Waals surface area (Å²) >= 11 is 0. The van der Waals surface area contributed by atoms with E-state index in [9.17, 15) is 8.42 Å². The van der Waals surface area contributed by atoms with Gasteiger partial charge in [-0.2, -0.15) is 8.42 Å². The predicted molar refractivity (Wildman–Crippen MR) is 61.7 cm³/mol. The van der Waals surface area contributed by atoms with E-state index in [0.717, 1.165) is 17.5 Å². The van der Waals surface area contributed by atoms with Crippen molar-refractivity contribution in [2.45, 2.75) is 0 Å². The van der Waals surface area contributed by atoms with Gasteiger partial charge in [-0.1, -0.05) is 18.2 Å². The van der Waals surface area contributed by atoms with Crippen LogP contribution in [0.5, 0.6) is 0 Å². The molecule has 1 aliphatic heterocycles. The lowest BCUT2D eigenvalue weighted by atomic mass is 10.2. The van der Waals surface area contributed by atoms with Crippen molar-refractivity contribution in [3.8, 4) is 0 Å². The van der Waals surface area contributed by atoms with Gasteiger partial charge in [-0.25, -0.2) is 4.99 Å². The third-order valence-corrected chi connectivity index (χ3v) is 2.35. The van der Waals surface area contributed by atoms with Crippen LogP contribution in [-0.2, 0) is 14.3 Å². The minimum atomic E-state index is -3.55. The van der Waals surface area contributed by atoms with Crippen molar-refractivity contribution in [1.29, 1.82) is 0 Å². The Balaban J connectivity index is 2.28. The summed E-state index contributed by atoms with van der Waals surface area (Å²) in [5.41, 5.74) is 1.71. The third kappa shape index (κ3) is 2.60. The van der Waals surface area contributed by atoms with Gasteiger partial charge in [-0.05, 0) is 6.07 Å². The lowest BCUT2D eigenvalue weighted by molar-refractivity contribution is 0.409. The predicted octanol–water partition coefficient (Wildman–Crippen LogP) is 1.31. The number of benzene rings is 1. The molecular weight excluding hydrogens is 228 g/mol. The van der Waals surface area contributed by atoms with E-state index in [1.807, 2.05) is 24.3 Å². The lowest BCUT2D eigenvalue weighted by Gasteiger charge is -2.02. The molecule has 6 heteroatoms. The maximum atomic E-state index is 10.9. The molecule has 0 amide bonds. The zero-order valence-electron chi connectivity index (χ0n) is 8.54. The van der Waals surface area contributed by atoms with Crippen LogP contribution >= 0.6 is 0 Å². The number of nitrogens with one attached hydrogen (secondary N) is 1. The van der Waals surface area contributed by atoms with E-state index in [1.54, 1.807) is 6.21 Å². The average Bonchev–Trinajstić information content (AvgIpc) is 2.39. The van der Waals surface area contributed by atoms with Crippen molar-refractivity contribution in [3.05, 3.63) is 41.9 Å². The van der Waals surface area contributed by atoms with Crippen molar-refractivity contribution in [3.63, 3.8) is 0 Å². The monoisotopic (exact) mass is 238 g/mol. The molecule has 1 heterocycles. The summed E-state index contributed by atoms with van der Waals surface area (Å²) in [5.74, 6) is 0.0127. The number of anilines is 1. The van der Waals surface area contributed by atoms with Gasteiger partial charge in [-0.15, -0.1) is 0 Å². The molecule has 0 spiro atoms. The van der Waals surface area contributed by atoms with Crippen LogP contribution in [0.25, 0.3) is 0 Å². The van der Waals surface area contributed by atoms with Crippen LogP contribution in [0.3, 0.4) is 0 Å². The summed E-state index contributed by atoms with van der Waals surface area (Å²) in [6, 6.07) is 7.47. The Labute approximate surface area is 93.6 Å². The average molecular weight is 238 g/mol. The Morgan fingerprint density at radius 1 is 1.31 bits per heavy atom. The van der Waals surface area contributed by atoms with Crippen LogP contribution in [0.15, 0.2) is 41.3 Å². The molecule has 0 fully saturated rings. The first-order chi connectivity index (χ1) is 7.54. The molecule has 0 bridgehead atoms. The second-order valence-corrected chi connectivity index (χ2v) is 4.83. The van der Waals surface area contributed by atoms with E-state index >= 15 is 0 Å². The van der Waals surface area contributed by atoms with Gasteiger partial charge in [-0.3, -0.25) is 0 Å². The van der Waals surface area contributed by atoms with Crippen molar-refractivity contribution in [2.24, 2.45) is 4.99 Å². The van der Waals surface area contributed by atoms with Gasteiger partial charge in [0.2, 0.25) is 5.88 Å². The standard InChI is InChI=1S/C10H10N2O3S/c1-16(13,14)15-10-7-11-9-5-3-2-4-8(9)6-12-10/h2-7,11H,1H3. The fraction of sp³-hybridized carbons (Fsp3) is 0.100. The molecule has 16 heavy (non-hydrogen) atoms. The first-order valence-electron chi connectivity index (χ1n) is 4.54. The number of para-hydroxylation sites is 1. The minimum Gasteiger partial charge on any atom is -0.360 e. The number of nitrogens with zero attached hydrogens (tertiary/aromatic N) is 1. The van der Waals surface area contributed by atoms with Crippen molar-refractivity contribution in [2.75, 3.05) is 11.6 Å². The van der Waals surface area contributed by atoms with E-state index in [0.29, 0.717) is 0 Å². The molecule has 0 unspecified atom stereocenters. The first kappa shape index (κ1) is 10.7. The highest BCUT2D eigenvalue weighted by atomic mass is 32.2. The molecule has 1 aromatic rings. The van der Waals surface area contributed by atoms with Crippen molar-refractivity contribution in [1.82, 2.24) is 0 Å². The third-order valence-electron chi connectivity index (χ3n) is 1.88. The van der Waals surface area contributed by atoms with Crippen molar-refractivity contribution < 1.29 is 12.6 Å². The summed E-state index contributed by atoms with van der Waals surface area (Å²) < 4.78 is 26.5. The summed E-state index contributed by atoms with van der Waals surface area (Å²) in [5, 5.41) is 2.92. The Kier molecular flexibility index (Phi) is 2.66. The van der Waals surface area contributed by atoms with Crippen molar-refractivity contribution >= 4 is 22.0 Å². The van der Waals surface area contributed by atoms with Crippen LogP contribution in [-0.4, -0.2) is 20.9 Å². The molecule has 1 aliphatic rings. The fourth-order valence-corrected chi connectivity index (χ4v) is 1.65. The zero-order chi connectivity index (χ0) is 11.6. The molecule has 5 nitrogen and oxygen atoms in total. The van der Waals surface area contributed by atoms with E-state index in [2.05, 4.69) is 14.5 Å². The largest absolute Gasteiger partial charge is 0.360 e. The quantitative estimate of drug-likeness (QED) is 0.789. The molecule has 0 saturated heterocycles. The van der Waals surface area contributed by atoms with E-state index in [4.69, 9.17) is 0 Å². The van der Waals surface area contributed by atoms with E-state index < -0.39 is 10.1 Å². The minimum absolute atomic E-state index is 0.0127. The number of hydrogen-bond donors (Lipinski definition) is 1. The lowest BCUT2D eigenvalue weighted by Crippen LogP contribution is -2.02. The van der Waals surface area contributed by atoms with Gasteiger partial charge in [0.25, 0.3) is 0 Å². The van der Waals surface area contributed by atoms with Crippen LogP contribution in [0, 0.1) is 0 Å². The molecule has 0 saturated carbocycles. The number of rotatable bonds is 2. The van der Waals surface area contributed by atoms with E-state index in [1.165, 1.54) is 6.20 Å². The topological polar surface area (TPSA) is 67.8 Å². The summed E-state index contributed by atoms with van der Waals surface area (Å²) in [6.45, 7) is 0. The molecular formula is C10H10N2O3S. The maximum Gasteiger partial charge on any atom is 0.307 e. The SMILES string of the molecule is CS(=O)(=O)OC1=CNc2ccccc2C=N1. The maximum absolute atomic E-state index is 10.9. The summed E-state index contributed by atoms with van der Waals surface area (Å²) in [7, 11) is -3.55. The van der Waals surface area contributed by atoms with Crippen LogP contribution in [0.4, 0.5) is 5.69 Å². The molecule has 84 valence electrons. The summed E-state index contributed by atoms with van der Waals surface area (Å²) in [6.07, 6.45) is 3.93. The zero-order valence-corrected chi connectivity index (χ0v) is 9.36. The summed E-state index contributed by atoms with van der Waals surface area (Å²) in [4.78, 5) is 3.92. The molecule has 1 N–H and O–H groups in total. The normalized spacial score (nSPS) is 14.4. The molecule has 0 aromatic heterocycles. The Bertz CT molecular complexity index is 561. The van der Waals surface area contributed by atoms with Crippen LogP contribution in [0.1, 0.15) is 5.56 Å². The first-order valence-corrected chi connectivity index (χ1v) is 6.35. The van der Waals surface area contributed by atoms with Crippen LogP contribution in [0.2, 0.25) is 0 Å². The number of fused-ring (bicyclic) bond motifs is 1. The highest BCUT2D eigenvalue weighted by molar-refractivity contribution is 7.86. The highest BCUT2D eigenvalue weighted by Gasteiger charge is 2.09. The Morgan fingerprint density at radius 2 is 2.06 bits per heavy atom. The second-order valence-electron chi connectivity index (χ2n) is 3.26. The Morgan fingerprint density at radius 3 is 2.81 bits per heavy atom. The van der Waals surface area contributed by atoms with Gasteiger partial charge >= 0.3 is 10.1 Å². The van der Waals surface area contributed by atoms with Gasteiger partial charge in [0, 0.05) is 17.5 Å². The van der Waals surface area contributed by atoms with Crippen LogP contribution < -0.4 is 5.32 Å². The Hall–Kier alpha value is -1.82. The number of aliphatic imine (C=N–C) groups is 1. The molecule has 1 aromatic carbocycles. The van der Waals surface area contributed by atoms with E-state index in [-0.39, 0.29) is 5.88 Å². The molecule has 0 atom stereocenters. The molecule has 0 radical (unpaired) electrons.